The average molecular weight is 434 g/mol. The Balaban J connectivity index is 1.66. The number of sulfonamides is 1. The van der Waals surface area contributed by atoms with Gasteiger partial charge in [-0.1, -0.05) is 6.07 Å². The van der Waals surface area contributed by atoms with Crippen molar-refractivity contribution in [1.82, 2.24) is 10.0 Å². The smallest absolute Gasteiger partial charge is 0.251 e. The first-order valence-electron chi connectivity index (χ1n) is 10.1. The minimum Gasteiger partial charge on any atom is -0.367 e. The second kappa shape index (κ2) is 9.14. The fourth-order valence-corrected chi connectivity index (χ4v) is 4.86. The first-order valence-corrected chi connectivity index (χ1v) is 11.6. The highest BCUT2D eigenvalue weighted by atomic mass is 32.2. The Morgan fingerprint density at radius 2 is 1.87 bits per heavy atom. The molecule has 1 saturated heterocycles. The molecule has 0 bridgehead atoms. The summed E-state index contributed by atoms with van der Waals surface area (Å²) in [6.45, 7) is 6.68. The molecule has 1 fully saturated rings. The summed E-state index contributed by atoms with van der Waals surface area (Å²) >= 11 is 0. The maximum absolute atomic E-state index is 14.2. The van der Waals surface area contributed by atoms with Crippen molar-refractivity contribution in [2.45, 2.75) is 50.6 Å². The molecule has 1 aliphatic rings. The predicted octanol–water partition coefficient (Wildman–Crippen LogP) is 3.22. The van der Waals surface area contributed by atoms with Crippen LogP contribution in [0.2, 0.25) is 0 Å². The number of hydrogen-bond acceptors (Lipinski definition) is 4. The number of hydrogen-bond donors (Lipinski definition) is 2. The van der Waals surface area contributed by atoms with Gasteiger partial charge in [-0.15, -0.1) is 0 Å². The summed E-state index contributed by atoms with van der Waals surface area (Å²) in [6.07, 6.45) is 1.65. The lowest BCUT2D eigenvalue weighted by molar-refractivity contribution is 0.0933. The van der Waals surface area contributed by atoms with Crippen molar-refractivity contribution < 1.29 is 17.6 Å². The van der Waals surface area contributed by atoms with Gasteiger partial charge in [-0.05, 0) is 75.6 Å². The van der Waals surface area contributed by atoms with Crippen LogP contribution in [0.5, 0.6) is 0 Å². The van der Waals surface area contributed by atoms with Gasteiger partial charge in [0.15, 0.2) is 0 Å². The van der Waals surface area contributed by atoms with E-state index in [1.165, 1.54) is 30.3 Å². The van der Waals surface area contributed by atoms with E-state index in [0.717, 1.165) is 24.9 Å². The SMILES string of the molecule is Cc1ccc(F)c(N2CCCC(NC(=O)c3ccc(S(=O)(=O)NC(C)C)cc3)C2)c1. The molecule has 1 atom stereocenters. The van der Waals surface area contributed by atoms with Crippen molar-refractivity contribution in [3.63, 3.8) is 0 Å². The van der Waals surface area contributed by atoms with E-state index in [1.807, 2.05) is 17.9 Å². The predicted molar refractivity (Wildman–Crippen MR) is 116 cm³/mol. The molecule has 6 nitrogen and oxygen atoms in total. The van der Waals surface area contributed by atoms with Crippen LogP contribution >= 0.6 is 0 Å². The van der Waals surface area contributed by atoms with E-state index in [2.05, 4.69) is 10.0 Å². The molecule has 8 heteroatoms. The molecule has 1 amide bonds. The molecule has 1 aliphatic heterocycles. The standard InChI is InChI=1S/C22H28FN3O3S/c1-15(2)25-30(28,29)19-9-7-17(8-10-19)22(27)24-18-5-4-12-26(14-18)21-13-16(3)6-11-20(21)23/h6-11,13,15,18,25H,4-5,12,14H2,1-3H3,(H,24,27). The number of anilines is 1. The highest BCUT2D eigenvalue weighted by molar-refractivity contribution is 7.89. The molecule has 3 rings (SSSR count). The number of rotatable bonds is 6. The van der Waals surface area contributed by atoms with Gasteiger partial charge in [0.05, 0.1) is 10.6 Å². The molecule has 0 spiro atoms. The lowest BCUT2D eigenvalue weighted by atomic mass is 10.0. The number of piperidine rings is 1. The number of carbonyl (C=O) groups excluding carboxylic acids is 1. The number of benzene rings is 2. The van der Waals surface area contributed by atoms with Gasteiger partial charge < -0.3 is 10.2 Å². The van der Waals surface area contributed by atoms with Crippen LogP contribution in [0, 0.1) is 12.7 Å². The first-order chi connectivity index (χ1) is 14.2. The Hall–Kier alpha value is -2.45. The first kappa shape index (κ1) is 22.2. The zero-order valence-electron chi connectivity index (χ0n) is 17.5. The monoisotopic (exact) mass is 433 g/mol. The molecular formula is C22H28FN3O3S. The van der Waals surface area contributed by atoms with Crippen LogP contribution in [0.1, 0.15) is 42.6 Å². The fraction of sp³-hybridized carbons (Fsp3) is 0.409. The van der Waals surface area contributed by atoms with Crippen LogP contribution in [0.25, 0.3) is 0 Å². The molecule has 0 aromatic heterocycles. The minimum atomic E-state index is -3.60. The summed E-state index contributed by atoms with van der Waals surface area (Å²) < 4.78 is 41.2. The highest BCUT2D eigenvalue weighted by Crippen LogP contribution is 2.24. The van der Waals surface area contributed by atoms with Crippen molar-refractivity contribution in [3.8, 4) is 0 Å². The van der Waals surface area contributed by atoms with E-state index >= 15 is 0 Å². The minimum absolute atomic E-state index is 0.114. The molecular weight excluding hydrogens is 405 g/mol. The van der Waals surface area contributed by atoms with Gasteiger partial charge in [0.1, 0.15) is 5.82 Å². The van der Waals surface area contributed by atoms with Crippen LogP contribution in [-0.4, -0.2) is 39.5 Å². The lowest BCUT2D eigenvalue weighted by Crippen LogP contribution is -2.48. The van der Waals surface area contributed by atoms with Crippen molar-refractivity contribution in [3.05, 3.63) is 59.4 Å². The molecule has 0 saturated carbocycles. The Morgan fingerprint density at radius 1 is 1.17 bits per heavy atom. The van der Waals surface area contributed by atoms with E-state index < -0.39 is 10.0 Å². The van der Waals surface area contributed by atoms with E-state index in [9.17, 15) is 17.6 Å². The number of aryl methyl sites for hydroxylation is 1. The summed E-state index contributed by atoms with van der Waals surface area (Å²) in [5.41, 5.74) is 1.93. The number of nitrogens with one attached hydrogen (secondary N) is 2. The summed E-state index contributed by atoms with van der Waals surface area (Å²) in [5.74, 6) is -0.535. The van der Waals surface area contributed by atoms with Gasteiger partial charge in [-0.2, -0.15) is 0 Å². The van der Waals surface area contributed by atoms with Gasteiger partial charge in [0, 0.05) is 30.7 Å². The quantitative estimate of drug-likeness (QED) is 0.733. The van der Waals surface area contributed by atoms with Crippen molar-refractivity contribution in [2.75, 3.05) is 18.0 Å². The van der Waals surface area contributed by atoms with Crippen LogP contribution < -0.4 is 14.9 Å². The molecule has 0 radical (unpaired) electrons. The molecule has 1 unspecified atom stereocenters. The maximum Gasteiger partial charge on any atom is 0.251 e. The Morgan fingerprint density at radius 3 is 2.53 bits per heavy atom. The van der Waals surface area contributed by atoms with Crippen molar-refractivity contribution in [2.24, 2.45) is 0 Å². The summed E-state index contributed by atoms with van der Waals surface area (Å²) in [6, 6.07) is 10.6. The zero-order chi connectivity index (χ0) is 21.9. The van der Waals surface area contributed by atoms with E-state index in [4.69, 9.17) is 0 Å². The van der Waals surface area contributed by atoms with E-state index in [-0.39, 0.29) is 28.7 Å². The Labute approximate surface area is 177 Å². The van der Waals surface area contributed by atoms with Crippen molar-refractivity contribution in [1.29, 1.82) is 0 Å². The number of nitrogens with zero attached hydrogens (tertiary/aromatic N) is 1. The second-order valence-corrected chi connectivity index (χ2v) is 9.73. The van der Waals surface area contributed by atoms with Gasteiger partial charge in [0.2, 0.25) is 10.0 Å². The highest BCUT2D eigenvalue weighted by Gasteiger charge is 2.24. The fourth-order valence-electron chi connectivity index (χ4n) is 3.61. The Kier molecular flexibility index (Phi) is 6.77. The average Bonchev–Trinajstić information content (AvgIpc) is 2.69. The molecule has 1 heterocycles. The van der Waals surface area contributed by atoms with Gasteiger partial charge in [-0.3, -0.25) is 4.79 Å². The second-order valence-electron chi connectivity index (χ2n) is 8.01. The topological polar surface area (TPSA) is 78.5 Å². The number of amides is 1. The van der Waals surface area contributed by atoms with Crippen LogP contribution in [0.3, 0.4) is 0 Å². The summed E-state index contributed by atoms with van der Waals surface area (Å²) in [7, 11) is -3.60. The lowest BCUT2D eigenvalue weighted by Gasteiger charge is -2.35. The van der Waals surface area contributed by atoms with Gasteiger partial charge >= 0.3 is 0 Å². The molecule has 2 N–H and O–H groups in total. The normalized spacial score (nSPS) is 17.2. The third-order valence-electron chi connectivity index (χ3n) is 5.02. The summed E-state index contributed by atoms with van der Waals surface area (Å²) in [5, 5.41) is 2.99. The van der Waals surface area contributed by atoms with Crippen LogP contribution in [-0.2, 0) is 10.0 Å². The van der Waals surface area contributed by atoms with Gasteiger partial charge in [0.25, 0.3) is 5.91 Å². The van der Waals surface area contributed by atoms with Crippen LogP contribution in [0.4, 0.5) is 10.1 Å². The number of carbonyl (C=O) groups is 1. The van der Waals surface area contributed by atoms with Crippen molar-refractivity contribution >= 4 is 21.6 Å². The molecule has 30 heavy (non-hydrogen) atoms. The molecule has 2 aromatic carbocycles. The summed E-state index contributed by atoms with van der Waals surface area (Å²) in [4.78, 5) is 14.7. The molecule has 162 valence electrons. The maximum atomic E-state index is 14.2. The van der Waals surface area contributed by atoms with Gasteiger partial charge in [-0.25, -0.2) is 17.5 Å². The third-order valence-corrected chi connectivity index (χ3v) is 6.69. The third kappa shape index (κ3) is 5.37. The van der Waals surface area contributed by atoms with Crippen LogP contribution in [0.15, 0.2) is 47.4 Å². The molecule has 2 aromatic rings. The zero-order valence-corrected chi connectivity index (χ0v) is 18.3. The Bertz CT molecular complexity index is 1010. The largest absolute Gasteiger partial charge is 0.367 e. The number of halogens is 1. The molecule has 0 aliphatic carbocycles. The van der Waals surface area contributed by atoms with E-state index in [0.29, 0.717) is 17.8 Å². The van der Waals surface area contributed by atoms with E-state index in [1.54, 1.807) is 19.9 Å².